The summed E-state index contributed by atoms with van der Waals surface area (Å²) in [5.74, 6) is 2.27. The van der Waals surface area contributed by atoms with Gasteiger partial charge in [0, 0.05) is 23.7 Å². The standard InChI is InChI=1S/C23H26N2O3S4/c29-15-26-12-19-4-3-5-20(14-31-16-28-13-21-6-1-2-8-24-21)23(19)22-10-18(7-9-25-22)11-27-17-32-30/h1-10,29-30H,11-17H2. The van der Waals surface area contributed by atoms with Crippen molar-refractivity contribution in [3.63, 3.8) is 0 Å². The fourth-order valence-corrected chi connectivity index (χ4v) is 4.33. The highest BCUT2D eigenvalue weighted by molar-refractivity contribution is 8.68. The predicted molar refractivity (Wildman–Crippen MR) is 140 cm³/mol. The first-order chi connectivity index (χ1) is 15.8. The number of hydrogen-bond donors (Lipinski definition) is 2. The Morgan fingerprint density at radius 1 is 0.812 bits per heavy atom. The first-order valence-electron chi connectivity index (χ1n) is 9.96. The van der Waals surface area contributed by atoms with Gasteiger partial charge >= 0.3 is 0 Å². The number of thioether (sulfide) groups is 1. The molecule has 2 aromatic heterocycles. The van der Waals surface area contributed by atoms with Crippen molar-refractivity contribution in [2.75, 3.05) is 17.8 Å². The Morgan fingerprint density at radius 2 is 1.69 bits per heavy atom. The van der Waals surface area contributed by atoms with Gasteiger partial charge in [0.2, 0.25) is 0 Å². The molecule has 0 aliphatic heterocycles. The smallest absolute Gasteiger partial charge is 0.102 e. The van der Waals surface area contributed by atoms with Crippen LogP contribution in [0.2, 0.25) is 0 Å². The lowest BCUT2D eigenvalue weighted by atomic mass is 9.98. The number of ether oxygens (including phenoxy) is 3. The van der Waals surface area contributed by atoms with Crippen molar-refractivity contribution in [1.82, 2.24) is 9.97 Å². The first kappa shape index (κ1) is 25.4. The van der Waals surface area contributed by atoms with Crippen molar-refractivity contribution in [3.8, 4) is 11.3 Å². The molecule has 3 aromatic rings. The van der Waals surface area contributed by atoms with Crippen LogP contribution in [0, 0.1) is 0 Å². The molecule has 9 heteroatoms. The van der Waals surface area contributed by atoms with Gasteiger partial charge in [-0.25, -0.2) is 0 Å². The Balaban J connectivity index is 1.71. The highest BCUT2D eigenvalue weighted by Gasteiger charge is 2.13. The van der Waals surface area contributed by atoms with Gasteiger partial charge < -0.3 is 14.2 Å². The summed E-state index contributed by atoms with van der Waals surface area (Å²) in [6, 6.07) is 16.1. The Morgan fingerprint density at radius 3 is 2.50 bits per heavy atom. The number of hydrogen-bond acceptors (Lipinski definition) is 9. The largest absolute Gasteiger partial charge is 0.366 e. The van der Waals surface area contributed by atoms with Crippen LogP contribution in [0.3, 0.4) is 0 Å². The van der Waals surface area contributed by atoms with Gasteiger partial charge in [-0.15, -0.1) is 23.4 Å². The summed E-state index contributed by atoms with van der Waals surface area (Å²) in [6.07, 6.45) is 3.60. The van der Waals surface area contributed by atoms with Gasteiger partial charge in [-0.2, -0.15) is 12.6 Å². The predicted octanol–water partition coefficient (Wildman–Crippen LogP) is 6.01. The fourth-order valence-electron chi connectivity index (χ4n) is 3.12. The number of aromatic nitrogens is 2. The van der Waals surface area contributed by atoms with Crippen LogP contribution in [-0.4, -0.2) is 27.8 Å². The van der Waals surface area contributed by atoms with Crippen LogP contribution < -0.4 is 0 Å². The van der Waals surface area contributed by atoms with Crippen LogP contribution in [0.5, 0.6) is 0 Å². The third-order valence-corrected chi connectivity index (χ3v) is 6.09. The van der Waals surface area contributed by atoms with Crippen molar-refractivity contribution in [3.05, 3.63) is 83.3 Å². The Labute approximate surface area is 208 Å². The monoisotopic (exact) mass is 506 g/mol. The van der Waals surface area contributed by atoms with Crippen molar-refractivity contribution >= 4 is 46.8 Å². The van der Waals surface area contributed by atoms with E-state index in [9.17, 15) is 0 Å². The van der Waals surface area contributed by atoms with E-state index in [1.165, 1.54) is 16.4 Å². The second kappa shape index (κ2) is 14.8. The maximum Gasteiger partial charge on any atom is 0.102 e. The quantitative estimate of drug-likeness (QED) is 0.120. The van der Waals surface area contributed by atoms with Crippen LogP contribution in [0.25, 0.3) is 11.3 Å². The maximum absolute atomic E-state index is 5.78. The van der Waals surface area contributed by atoms with E-state index in [2.05, 4.69) is 58.5 Å². The van der Waals surface area contributed by atoms with Gasteiger partial charge in [-0.3, -0.25) is 9.97 Å². The average Bonchev–Trinajstić information content (AvgIpc) is 2.83. The molecule has 0 saturated carbocycles. The Bertz CT molecular complexity index is 948. The zero-order valence-electron chi connectivity index (χ0n) is 17.6. The maximum atomic E-state index is 5.78. The highest BCUT2D eigenvalue weighted by atomic mass is 33.1. The van der Waals surface area contributed by atoms with Crippen LogP contribution in [-0.2, 0) is 39.8 Å². The van der Waals surface area contributed by atoms with E-state index >= 15 is 0 Å². The van der Waals surface area contributed by atoms with E-state index in [0.717, 1.165) is 33.8 Å². The van der Waals surface area contributed by atoms with E-state index in [0.29, 0.717) is 37.6 Å². The molecule has 0 bridgehead atoms. The molecule has 0 spiro atoms. The van der Waals surface area contributed by atoms with Crippen LogP contribution in [0.1, 0.15) is 22.4 Å². The molecular weight excluding hydrogens is 481 g/mol. The molecule has 0 N–H and O–H groups in total. The van der Waals surface area contributed by atoms with E-state index < -0.39 is 0 Å². The Hall–Kier alpha value is -1.20. The Kier molecular flexibility index (Phi) is 11.8. The summed E-state index contributed by atoms with van der Waals surface area (Å²) in [7, 11) is 1.36. The first-order valence-corrected chi connectivity index (χ1v) is 13.8. The molecule has 2 heterocycles. The molecule has 0 saturated heterocycles. The molecule has 0 amide bonds. The summed E-state index contributed by atoms with van der Waals surface area (Å²) < 4.78 is 17.0. The molecule has 0 aliphatic carbocycles. The van der Waals surface area contributed by atoms with E-state index in [1.807, 2.05) is 30.5 Å². The summed E-state index contributed by atoms with van der Waals surface area (Å²) >= 11 is 10.0. The van der Waals surface area contributed by atoms with Crippen molar-refractivity contribution < 1.29 is 14.2 Å². The molecule has 0 unspecified atom stereocenters. The van der Waals surface area contributed by atoms with Crippen molar-refractivity contribution in [1.29, 1.82) is 0 Å². The topological polar surface area (TPSA) is 53.5 Å². The number of rotatable bonds is 14. The van der Waals surface area contributed by atoms with Crippen LogP contribution in [0.15, 0.2) is 60.9 Å². The SMILES string of the molecule is SCOCc1cccc(CSCOCc2ccccn2)c1-c1cc(COCSS)ccn1. The molecule has 1 aromatic carbocycles. The second-order valence-electron chi connectivity index (χ2n) is 6.71. The molecule has 3 rings (SSSR count). The number of pyridine rings is 2. The number of nitrogens with zero attached hydrogens (tertiary/aromatic N) is 2. The van der Waals surface area contributed by atoms with Gasteiger partial charge in [-0.05, 0) is 41.0 Å². The van der Waals surface area contributed by atoms with E-state index in [-0.39, 0.29) is 0 Å². The molecule has 0 aliphatic rings. The highest BCUT2D eigenvalue weighted by Crippen LogP contribution is 2.30. The van der Waals surface area contributed by atoms with Crippen molar-refractivity contribution in [2.24, 2.45) is 0 Å². The summed E-state index contributed by atoms with van der Waals surface area (Å²) in [5.41, 5.74) is 6.28. The number of benzene rings is 1. The zero-order valence-corrected chi connectivity index (χ0v) is 21.0. The van der Waals surface area contributed by atoms with Gasteiger partial charge in [-0.1, -0.05) is 35.1 Å². The molecule has 0 radical (unpaired) electrons. The van der Waals surface area contributed by atoms with Gasteiger partial charge in [0.1, 0.15) is 5.94 Å². The molecule has 0 atom stereocenters. The molecule has 5 nitrogen and oxygen atoms in total. The zero-order chi connectivity index (χ0) is 22.4. The lowest BCUT2D eigenvalue weighted by molar-refractivity contribution is 0.166. The van der Waals surface area contributed by atoms with Crippen LogP contribution >= 0.6 is 46.8 Å². The average molecular weight is 507 g/mol. The van der Waals surface area contributed by atoms with Gasteiger partial charge in [0.05, 0.1) is 43.1 Å². The normalized spacial score (nSPS) is 11.1. The lowest BCUT2D eigenvalue weighted by Crippen LogP contribution is -2.01. The van der Waals surface area contributed by atoms with E-state index in [1.54, 1.807) is 18.0 Å². The third kappa shape index (κ3) is 8.30. The summed E-state index contributed by atoms with van der Waals surface area (Å²) in [5, 5.41) is 0. The van der Waals surface area contributed by atoms with Gasteiger partial charge in [0.15, 0.2) is 0 Å². The number of thiol groups is 2. The van der Waals surface area contributed by atoms with Crippen LogP contribution in [0.4, 0.5) is 0 Å². The molecule has 0 fully saturated rings. The van der Waals surface area contributed by atoms with Gasteiger partial charge in [0.25, 0.3) is 0 Å². The molecular formula is C23H26N2O3S4. The van der Waals surface area contributed by atoms with E-state index in [4.69, 9.17) is 14.2 Å². The third-order valence-electron chi connectivity index (χ3n) is 4.47. The molecule has 170 valence electrons. The van der Waals surface area contributed by atoms with Crippen molar-refractivity contribution in [2.45, 2.75) is 25.6 Å². The minimum absolute atomic E-state index is 0.364. The second-order valence-corrected chi connectivity index (χ2v) is 9.17. The summed E-state index contributed by atoms with van der Waals surface area (Å²) in [4.78, 5) is 8.94. The molecule has 32 heavy (non-hydrogen) atoms. The summed E-state index contributed by atoms with van der Waals surface area (Å²) in [6.45, 7) is 1.50. The fraction of sp³-hybridized carbons (Fsp3) is 0.304. The minimum Gasteiger partial charge on any atom is -0.366 e. The minimum atomic E-state index is 0.364. The lowest BCUT2D eigenvalue weighted by Gasteiger charge is -2.15.